The van der Waals surface area contributed by atoms with Gasteiger partial charge in [0.15, 0.2) is 0 Å². The summed E-state index contributed by atoms with van der Waals surface area (Å²) in [4.78, 5) is 20.0. The molecule has 9 heteroatoms. The first kappa shape index (κ1) is 21.6. The minimum atomic E-state index is -3.77. The SMILES string of the molecule is Cc1cccc(C)c1NS(=O)(=O)c1cc(-c2nc(C)c(C(=O)N3CCCC3)s2)n(C)c1. The van der Waals surface area contributed by atoms with Crippen LogP contribution in [0.3, 0.4) is 0 Å². The molecule has 7 nitrogen and oxygen atoms in total. The number of carbonyl (C=O) groups excluding carboxylic acids is 1. The Kier molecular flexibility index (Phi) is 5.65. The molecule has 2 aromatic heterocycles. The number of hydrogen-bond donors (Lipinski definition) is 1. The summed E-state index contributed by atoms with van der Waals surface area (Å²) in [7, 11) is -1.99. The Bertz CT molecular complexity index is 1230. The van der Waals surface area contributed by atoms with Crippen LogP contribution in [0.15, 0.2) is 35.4 Å². The van der Waals surface area contributed by atoms with Gasteiger partial charge in [0, 0.05) is 26.3 Å². The van der Waals surface area contributed by atoms with Crippen molar-refractivity contribution < 1.29 is 13.2 Å². The molecule has 4 rings (SSSR count). The number of likely N-dealkylation sites (tertiary alicyclic amines) is 1. The zero-order valence-electron chi connectivity index (χ0n) is 18.1. The minimum absolute atomic E-state index is 0.0116. The molecule has 0 aliphatic carbocycles. The number of aryl methyl sites for hydroxylation is 4. The normalized spacial score (nSPS) is 14.3. The first-order chi connectivity index (χ1) is 14.7. The van der Waals surface area contributed by atoms with Crippen LogP contribution in [0.25, 0.3) is 10.7 Å². The molecule has 164 valence electrons. The number of sulfonamides is 1. The number of nitrogens with zero attached hydrogens (tertiary/aromatic N) is 3. The first-order valence-electron chi connectivity index (χ1n) is 10.2. The average Bonchev–Trinajstić information content (AvgIpc) is 3.44. The highest BCUT2D eigenvalue weighted by Crippen LogP contribution is 2.32. The monoisotopic (exact) mass is 458 g/mol. The van der Waals surface area contributed by atoms with E-state index in [4.69, 9.17) is 0 Å². The number of aromatic nitrogens is 2. The summed E-state index contributed by atoms with van der Waals surface area (Å²) in [6, 6.07) is 7.25. The Morgan fingerprint density at radius 2 is 1.77 bits per heavy atom. The van der Waals surface area contributed by atoms with Gasteiger partial charge in [0.05, 0.1) is 17.1 Å². The van der Waals surface area contributed by atoms with Gasteiger partial charge in [-0.2, -0.15) is 0 Å². The summed E-state index contributed by atoms with van der Waals surface area (Å²) in [5.41, 5.74) is 3.66. The molecule has 0 atom stereocenters. The van der Waals surface area contributed by atoms with E-state index < -0.39 is 10.0 Å². The molecule has 0 bridgehead atoms. The Hall–Kier alpha value is -2.65. The van der Waals surface area contributed by atoms with E-state index in [0.29, 0.717) is 27.0 Å². The van der Waals surface area contributed by atoms with Gasteiger partial charge in [0.25, 0.3) is 15.9 Å². The molecule has 0 radical (unpaired) electrons. The molecule has 3 heterocycles. The number of thiazole rings is 1. The third-order valence-electron chi connectivity index (χ3n) is 5.61. The van der Waals surface area contributed by atoms with E-state index in [-0.39, 0.29) is 10.8 Å². The maximum Gasteiger partial charge on any atom is 0.265 e. The predicted octanol–water partition coefficient (Wildman–Crippen LogP) is 4.11. The van der Waals surface area contributed by atoms with Crippen molar-refractivity contribution in [3.8, 4) is 10.7 Å². The molecule has 31 heavy (non-hydrogen) atoms. The van der Waals surface area contributed by atoms with Crippen LogP contribution in [0.1, 0.15) is 39.3 Å². The summed E-state index contributed by atoms with van der Waals surface area (Å²) < 4.78 is 30.6. The third-order valence-corrected chi connectivity index (χ3v) is 8.10. The van der Waals surface area contributed by atoms with Crippen molar-refractivity contribution in [3.63, 3.8) is 0 Å². The van der Waals surface area contributed by atoms with Crippen LogP contribution >= 0.6 is 11.3 Å². The van der Waals surface area contributed by atoms with Crippen molar-refractivity contribution in [2.45, 2.75) is 38.5 Å². The number of amides is 1. The van der Waals surface area contributed by atoms with Gasteiger partial charge in [0.1, 0.15) is 14.8 Å². The molecule has 1 saturated heterocycles. The summed E-state index contributed by atoms with van der Waals surface area (Å²) in [6.45, 7) is 7.13. The predicted molar refractivity (Wildman–Crippen MR) is 123 cm³/mol. The lowest BCUT2D eigenvalue weighted by Gasteiger charge is -2.13. The highest BCUT2D eigenvalue weighted by Gasteiger charge is 2.26. The Morgan fingerprint density at radius 1 is 1.13 bits per heavy atom. The fraction of sp³-hybridized carbons (Fsp3) is 0.364. The summed E-state index contributed by atoms with van der Waals surface area (Å²) in [5, 5.41) is 0.635. The lowest BCUT2D eigenvalue weighted by Crippen LogP contribution is -2.27. The number of anilines is 1. The van der Waals surface area contributed by atoms with Gasteiger partial charge < -0.3 is 9.47 Å². The van der Waals surface area contributed by atoms with E-state index in [9.17, 15) is 13.2 Å². The molecule has 1 aliphatic rings. The van der Waals surface area contributed by atoms with Gasteiger partial charge in [-0.15, -0.1) is 11.3 Å². The summed E-state index contributed by atoms with van der Waals surface area (Å²) in [5.74, 6) is 0.0116. The fourth-order valence-corrected chi connectivity index (χ4v) is 6.20. The summed E-state index contributed by atoms with van der Waals surface area (Å²) in [6.07, 6.45) is 3.63. The zero-order chi connectivity index (χ0) is 22.3. The van der Waals surface area contributed by atoms with Crippen LogP contribution in [-0.4, -0.2) is 41.9 Å². The molecule has 1 amide bonds. The van der Waals surface area contributed by atoms with Crippen molar-refractivity contribution in [1.29, 1.82) is 0 Å². The molecule has 1 aromatic carbocycles. The topological polar surface area (TPSA) is 84.3 Å². The third kappa shape index (κ3) is 4.12. The van der Waals surface area contributed by atoms with E-state index in [1.165, 1.54) is 11.3 Å². The Morgan fingerprint density at radius 3 is 2.42 bits per heavy atom. The van der Waals surface area contributed by atoms with Crippen LogP contribution in [0.4, 0.5) is 5.69 Å². The van der Waals surface area contributed by atoms with Crippen LogP contribution in [0.5, 0.6) is 0 Å². The lowest BCUT2D eigenvalue weighted by molar-refractivity contribution is 0.0796. The zero-order valence-corrected chi connectivity index (χ0v) is 19.7. The minimum Gasteiger partial charge on any atom is -0.347 e. The summed E-state index contributed by atoms with van der Waals surface area (Å²) >= 11 is 1.32. The van der Waals surface area contributed by atoms with Crippen LogP contribution in [0, 0.1) is 20.8 Å². The van der Waals surface area contributed by atoms with Crippen LogP contribution < -0.4 is 4.72 Å². The largest absolute Gasteiger partial charge is 0.347 e. The number of benzene rings is 1. The van der Waals surface area contributed by atoms with E-state index in [0.717, 1.165) is 37.1 Å². The second-order valence-corrected chi connectivity index (χ2v) is 10.7. The standard InChI is InChI=1S/C22H26N4O3S2/c1-14-8-7-9-15(2)19(14)24-31(28,29)17-12-18(25(4)13-17)21-23-16(3)20(30-21)22(27)26-10-5-6-11-26/h7-9,12-13,24H,5-6,10-11H2,1-4H3. The molecule has 1 aliphatic heterocycles. The molecule has 0 spiro atoms. The van der Waals surface area contributed by atoms with Crippen LogP contribution in [0.2, 0.25) is 0 Å². The van der Waals surface area contributed by atoms with Gasteiger partial charge in [-0.1, -0.05) is 18.2 Å². The van der Waals surface area contributed by atoms with Crippen molar-refractivity contribution in [2.75, 3.05) is 17.8 Å². The molecular weight excluding hydrogens is 432 g/mol. The van der Waals surface area contributed by atoms with Gasteiger partial charge in [-0.05, 0) is 50.8 Å². The molecule has 0 unspecified atom stereocenters. The highest BCUT2D eigenvalue weighted by molar-refractivity contribution is 7.92. The van der Waals surface area contributed by atoms with Crippen molar-refractivity contribution in [2.24, 2.45) is 7.05 Å². The quantitative estimate of drug-likeness (QED) is 0.624. The van der Waals surface area contributed by atoms with Gasteiger partial charge >= 0.3 is 0 Å². The van der Waals surface area contributed by atoms with Gasteiger partial charge in [0.2, 0.25) is 0 Å². The second kappa shape index (κ2) is 8.12. The van der Waals surface area contributed by atoms with Crippen molar-refractivity contribution in [1.82, 2.24) is 14.5 Å². The number of nitrogens with one attached hydrogen (secondary N) is 1. The maximum absolute atomic E-state index is 13.1. The highest BCUT2D eigenvalue weighted by atomic mass is 32.2. The van der Waals surface area contributed by atoms with Crippen LogP contribution in [-0.2, 0) is 17.1 Å². The second-order valence-electron chi connectivity index (χ2n) is 7.98. The van der Waals surface area contributed by atoms with E-state index >= 15 is 0 Å². The smallest absolute Gasteiger partial charge is 0.265 e. The molecule has 1 N–H and O–H groups in total. The van der Waals surface area contributed by atoms with E-state index in [2.05, 4.69) is 9.71 Å². The Balaban J connectivity index is 1.65. The number of rotatable bonds is 5. The fourth-order valence-electron chi connectivity index (χ4n) is 3.83. The average molecular weight is 459 g/mol. The molecular formula is C22H26N4O3S2. The van der Waals surface area contributed by atoms with Crippen molar-refractivity contribution >= 4 is 33.0 Å². The van der Waals surface area contributed by atoms with Crippen molar-refractivity contribution in [3.05, 3.63) is 52.2 Å². The lowest BCUT2D eigenvalue weighted by atomic mass is 10.1. The number of hydrogen-bond acceptors (Lipinski definition) is 5. The number of para-hydroxylation sites is 1. The number of carbonyl (C=O) groups is 1. The molecule has 0 saturated carbocycles. The van der Waals surface area contributed by atoms with Gasteiger partial charge in [-0.3, -0.25) is 9.52 Å². The Labute approximate surface area is 186 Å². The first-order valence-corrected chi connectivity index (χ1v) is 12.5. The molecule has 1 fully saturated rings. The van der Waals surface area contributed by atoms with E-state index in [1.807, 2.05) is 43.9 Å². The maximum atomic E-state index is 13.1. The molecule has 3 aromatic rings. The van der Waals surface area contributed by atoms with E-state index in [1.54, 1.807) is 23.9 Å². The van der Waals surface area contributed by atoms with Gasteiger partial charge in [-0.25, -0.2) is 13.4 Å².